The smallest absolute Gasteiger partial charge is 0.337 e. The standard InChI is InChI=1S/C24H21NO4/c1-17-15-18(11-13-22(17)29-16-19-7-3-2-4-8-19)12-14-23(26)25-21-10-6-5-9-20(21)24(27)28/h2-15H,16H2,1H3,(H,25,26)(H,27,28)/b14-12+. The van der Waals surface area contributed by atoms with Crippen LogP contribution in [-0.4, -0.2) is 17.0 Å². The van der Waals surface area contributed by atoms with Crippen molar-refractivity contribution in [2.45, 2.75) is 13.5 Å². The fourth-order valence-corrected chi connectivity index (χ4v) is 2.80. The van der Waals surface area contributed by atoms with E-state index in [-0.39, 0.29) is 11.3 Å². The Morgan fingerprint density at radius 2 is 1.72 bits per heavy atom. The largest absolute Gasteiger partial charge is 0.489 e. The van der Waals surface area contributed by atoms with Crippen molar-refractivity contribution < 1.29 is 19.4 Å². The minimum Gasteiger partial charge on any atom is -0.489 e. The normalized spacial score (nSPS) is 10.7. The molecule has 0 saturated heterocycles. The summed E-state index contributed by atoms with van der Waals surface area (Å²) in [6.45, 7) is 2.43. The molecule has 3 aromatic carbocycles. The highest BCUT2D eigenvalue weighted by molar-refractivity contribution is 6.06. The maximum Gasteiger partial charge on any atom is 0.337 e. The van der Waals surface area contributed by atoms with Crippen molar-refractivity contribution in [3.8, 4) is 5.75 Å². The predicted molar refractivity (Wildman–Crippen MR) is 113 cm³/mol. The number of para-hydroxylation sites is 1. The van der Waals surface area contributed by atoms with Gasteiger partial charge in [-0.25, -0.2) is 4.79 Å². The van der Waals surface area contributed by atoms with Gasteiger partial charge in [-0.3, -0.25) is 4.79 Å². The summed E-state index contributed by atoms with van der Waals surface area (Å²) in [5, 5.41) is 11.8. The highest BCUT2D eigenvalue weighted by atomic mass is 16.5. The SMILES string of the molecule is Cc1cc(/C=C/C(=O)Nc2ccccc2C(=O)O)ccc1OCc1ccccc1. The van der Waals surface area contributed by atoms with Crippen LogP contribution in [0.1, 0.15) is 27.0 Å². The van der Waals surface area contributed by atoms with Crippen molar-refractivity contribution in [1.29, 1.82) is 0 Å². The molecular weight excluding hydrogens is 366 g/mol. The Labute approximate surface area is 169 Å². The summed E-state index contributed by atoms with van der Waals surface area (Å²) >= 11 is 0. The van der Waals surface area contributed by atoms with Crippen LogP contribution in [0.25, 0.3) is 6.08 Å². The summed E-state index contributed by atoms with van der Waals surface area (Å²) in [6, 6.07) is 21.9. The zero-order chi connectivity index (χ0) is 20.6. The van der Waals surface area contributed by atoms with Crippen LogP contribution in [0.15, 0.2) is 78.9 Å². The minimum atomic E-state index is -1.09. The van der Waals surface area contributed by atoms with E-state index in [0.717, 1.165) is 22.4 Å². The zero-order valence-electron chi connectivity index (χ0n) is 16.0. The van der Waals surface area contributed by atoms with Crippen molar-refractivity contribution in [1.82, 2.24) is 0 Å². The quantitative estimate of drug-likeness (QED) is 0.564. The minimum absolute atomic E-state index is 0.0463. The van der Waals surface area contributed by atoms with Crippen molar-refractivity contribution in [3.63, 3.8) is 0 Å². The molecule has 0 aliphatic heterocycles. The van der Waals surface area contributed by atoms with E-state index < -0.39 is 11.9 Å². The summed E-state index contributed by atoms with van der Waals surface area (Å²) < 4.78 is 5.86. The molecule has 0 aliphatic carbocycles. The Hall–Kier alpha value is -3.86. The molecule has 5 nitrogen and oxygen atoms in total. The Bertz CT molecular complexity index is 1040. The molecule has 0 aliphatic rings. The number of hydrogen-bond acceptors (Lipinski definition) is 3. The summed E-state index contributed by atoms with van der Waals surface area (Å²) in [5.41, 5.74) is 3.20. The summed E-state index contributed by atoms with van der Waals surface area (Å²) in [4.78, 5) is 23.4. The topological polar surface area (TPSA) is 75.6 Å². The van der Waals surface area contributed by atoms with Gasteiger partial charge in [-0.2, -0.15) is 0 Å². The number of amides is 1. The van der Waals surface area contributed by atoms with Gasteiger partial charge < -0.3 is 15.2 Å². The molecule has 0 saturated carbocycles. The fourth-order valence-electron chi connectivity index (χ4n) is 2.80. The van der Waals surface area contributed by atoms with Crippen LogP contribution in [0.3, 0.4) is 0 Å². The van der Waals surface area contributed by atoms with Gasteiger partial charge in [0.1, 0.15) is 12.4 Å². The third kappa shape index (κ3) is 5.56. The van der Waals surface area contributed by atoms with Crippen LogP contribution in [0, 0.1) is 6.92 Å². The molecule has 0 spiro atoms. The summed E-state index contributed by atoms with van der Waals surface area (Å²) in [7, 11) is 0. The van der Waals surface area contributed by atoms with Crippen molar-refractivity contribution in [2.75, 3.05) is 5.32 Å². The Morgan fingerprint density at radius 3 is 2.45 bits per heavy atom. The number of nitrogens with one attached hydrogen (secondary N) is 1. The average molecular weight is 387 g/mol. The second-order valence-electron chi connectivity index (χ2n) is 6.47. The van der Waals surface area contributed by atoms with Crippen LogP contribution in [0.5, 0.6) is 5.75 Å². The number of ether oxygens (including phenoxy) is 1. The van der Waals surface area contributed by atoms with Crippen molar-refractivity contribution in [3.05, 3.63) is 101 Å². The predicted octanol–water partition coefficient (Wildman–Crippen LogP) is 4.92. The molecule has 146 valence electrons. The van der Waals surface area contributed by atoms with Crippen LogP contribution in [0.4, 0.5) is 5.69 Å². The molecular formula is C24H21NO4. The fraction of sp³-hybridized carbons (Fsp3) is 0.0833. The van der Waals surface area contributed by atoms with Gasteiger partial charge in [0, 0.05) is 6.08 Å². The van der Waals surface area contributed by atoms with Gasteiger partial charge in [-0.05, 0) is 54.0 Å². The third-order valence-corrected chi connectivity index (χ3v) is 4.28. The molecule has 0 unspecified atom stereocenters. The van der Waals surface area contributed by atoms with Gasteiger partial charge in [0.15, 0.2) is 0 Å². The van der Waals surface area contributed by atoms with E-state index in [1.165, 1.54) is 12.1 Å². The number of carboxylic acid groups (broad SMARTS) is 1. The van der Waals surface area contributed by atoms with E-state index in [4.69, 9.17) is 4.74 Å². The first-order chi connectivity index (χ1) is 14.0. The lowest BCUT2D eigenvalue weighted by atomic mass is 10.1. The lowest BCUT2D eigenvalue weighted by Crippen LogP contribution is -2.11. The van der Waals surface area contributed by atoms with Crippen molar-refractivity contribution in [2.24, 2.45) is 0 Å². The molecule has 2 N–H and O–H groups in total. The van der Waals surface area contributed by atoms with Gasteiger partial charge in [0.05, 0.1) is 11.3 Å². The Morgan fingerprint density at radius 1 is 1.00 bits per heavy atom. The number of hydrogen-bond donors (Lipinski definition) is 2. The molecule has 29 heavy (non-hydrogen) atoms. The van der Waals surface area contributed by atoms with E-state index in [1.54, 1.807) is 24.3 Å². The summed E-state index contributed by atoms with van der Waals surface area (Å²) in [6.07, 6.45) is 3.05. The van der Waals surface area contributed by atoms with E-state index in [9.17, 15) is 14.7 Å². The first kappa shape index (κ1) is 19.9. The maximum absolute atomic E-state index is 12.2. The molecule has 1 amide bonds. The Kier molecular flexibility index (Phi) is 6.43. The van der Waals surface area contributed by atoms with Crippen LogP contribution in [-0.2, 0) is 11.4 Å². The molecule has 0 aromatic heterocycles. The summed E-state index contributed by atoms with van der Waals surface area (Å²) in [5.74, 6) is -0.710. The van der Waals surface area contributed by atoms with Crippen LogP contribution < -0.4 is 10.1 Å². The molecule has 0 heterocycles. The molecule has 0 bridgehead atoms. The number of carbonyl (C=O) groups is 2. The number of benzene rings is 3. The maximum atomic E-state index is 12.2. The highest BCUT2D eigenvalue weighted by Crippen LogP contribution is 2.21. The number of aryl methyl sites for hydroxylation is 1. The second kappa shape index (κ2) is 9.37. The van der Waals surface area contributed by atoms with Crippen LogP contribution >= 0.6 is 0 Å². The number of rotatable bonds is 7. The number of aromatic carboxylic acids is 1. The zero-order valence-corrected chi connectivity index (χ0v) is 16.0. The van der Waals surface area contributed by atoms with Gasteiger partial charge >= 0.3 is 5.97 Å². The lowest BCUT2D eigenvalue weighted by molar-refractivity contribution is -0.111. The first-order valence-electron chi connectivity index (χ1n) is 9.11. The van der Waals surface area contributed by atoms with Crippen molar-refractivity contribution >= 4 is 23.6 Å². The first-order valence-corrected chi connectivity index (χ1v) is 9.11. The van der Waals surface area contributed by atoms with E-state index in [2.05, 4.69) is 5.32 Å². The monoisotopic (exact) mass is 387 g/mol. The van der Waals surface area contributed by atoms with E-state index >= 15 is 0 Å². The number of carboxylic acids is 1. The molecule has 0 atom stereocenters. The van der Waals surface area contributed by atoms with Gasteiger partial charge in [0.2, 0.25) is 5.91 Å². The van der Waals surface area contributed by atoms with Crippen LogP contribution in [0.2, 0.25) is 0 Å². The molecule has 3 rings (SSSR count). The van der Waals surface area contributed by atoms with Gasteiger partial charge in [0.25, 0.3) is 0 Å². The molecule has 5 heteroatoms. The van der Waals surface area contributed by atoms with E-state index in [1.807, 2.05) is 55.5 Å². The molecule has 3 aromatic rings. The molecule has 0 radical (unpaired) electrons. The number of anilines is 1. The van der Waals surface area contributed by atoms with Gasteiger partial charge in [-0.1, -0.05) is 48.5 Å². The highest BCUT2D eigenvalue weighted by Gasteiger charge is 2.10. The van der Waals surface area contributed by atoms with E-state index in [0.29, 0.717) is 6.61 Å². The Balaban J connectivity index is 1.63. The van der Waals surface area contributed by atoms with Gasteiger partial charge in [-0.15, -0.1) is 0 Å². The average Bonchev–Trinajstić information content (AvgIpc) is 2.72. The second-order valence-corrected chi connectivity index (χ2v) is 6.47. The molecule has 0 fully saturated rings. The lowest BCUT2D eigenvalue weighted by Gasteiger charge is -2.10. The number of carbonyl (C=O) groups excluding carboxylic acids is 1. The third-order valence-electron chi connectivity index (χ3n) is 4.28.